The Morgan fingerprint density at radius 1 is 1.16 bits per heavy atom. The molecule has 0 aliphatic carbocycles. The largest absolute Gasteiger partial charge is 0.469 e. The van der Waals surface area contributed by atoms with Crippen molar-refractivity contribution in [3.05, 3.63) is 0 Å². The summed E-state index contributed by atoms with van der Waals surface area (Å²) in [4.78, 5) is 28.1. The predicted octanol–water partition coefficient (Wildman–Crippen LogP) is 0.882. The molecule has 2 heterocycles. The van der Waals surface area contributed by atoms with Crippen molar-refractivity contribution in [3.63, 3.8) is 0 Å². The van der Waals surface area contributed by atoms with Crippen LogP contribution in [0.5, 0.6) is 0 Å². The lowest BCUT2D eigenvalue weighted by Gasteiger charge is -2.36. The molecule has 5 nitrogen and oxygen atoms in total. The summed E-state index contributed by atoms with van der Waals surface area (Å²) < 4.78 is 4.82. The van der Waals surface area contributed by atoms with Gasteiger partial charge in [0.25, 0.3) is 0 Å². The molecule has 2 aliphatic rings. The minimum Gasteiger partial charge on any atom is -0.469 e. The van der Waals surface area contributed by atoms with Gasteiger partial charge in [-0.05, 0) is 39.2 Å². The zero-order chi connectivity index (χ0) is 13.8. The summed E-state index contributed by atoms with van der Waals surface area (Å²) in [5.41, 5.74) is 0. The van der Waals surface area contributed by atoms with Gasteiger partial charge < -0.3 is 9.64 Å². The van der Waals surface area contributed by atoms with Crippen molar-refractivity contribution in [2.75, 3.05) is 33.3 Å². The molecule has 19 heavy (non-hydrogen) atoms. The first kappa shape index (κ1) is 14.3. The van der Waals surface area contributed by atoms with Gasteiger partial charge >= 0.3 is 5.97 Å². The molecule has 0 aromatic heterocycles. The maximum Gasteiger partial charge on any atom is 0.309 e. The Morgan fingerprint density at radius 3 is 2.47 bits per heavy atom. The van der Waals surface area contributed by atoms with E-state index in [-0.39, 0.29) is 23.8 Å². The maximum absolute atomic E-state index is 12.4. The summed E-state index contributed by atoms with van der Waals surface area (Å²) in [5.74, 6) is -0.0129. The molecule has 0 radical (unpaired) electrons. The average Bonchev–Trinajstić information content (AvgIpc) is 2.99. The smallest absolute Gasteiger partial charge is 0.309 e. The van der Waals surface area contributed by atoms with E-state index in [4.69, 9.17) is 4.74 Å². The van der Waals surface area contributed by atoms with E-state index in [1.54, 1.807) is 0 Å². The van der Waals surface area contributed by atoms with Gasteiger partial charge in [-0.15, -0.1) is 0 Å². The van der Waals surface area contributed by atoms with Gasteiger partial charge in [-0.25, -0.2) is 0 Å². The molecule has 2 saturated heterocycles. The topological polar surface area (TPSA) is 49.9 Å². The van der Waals surface area contributed by atoms with Crippen molar-refractivity contribution in [2.24, 2.45) is 5.92 Å². The van der Waals surface area contributed by atoms with Gasteiger partial charge in [-0.1, -0.05) is 0 Å². The summed E-state index contributed by atoms with van der Waals surface area (Å²) in [6, 6.07) is -0.120. The van der Waals surface area contributed by atoms with Crippen LogP contribution in [-0.2, 0) is 14.3 Å². The van der Waals surface area contributed by atoms with Gasteiger partial charge in [0, 0.05) is 19.6 Å². The van der Waals surface area contributed by atoms with Gasteiger partial charge in [-0.2, -0.15) is 0 Å². The number of rotatable bonds is 3. The first-order chi connectivity index (χ1) is 9.13. The van der Waals surface area contributed by atoms with E-state index < -0.39 is 0 Å². The third-order valence-electron chi connectivity index (χ3n) is 4.31. The van der Waals surface area contributed by atoms with E-state index in [0.29, 0.717) is 6.54 Å². The quantitative estimate of drug-likeness (QED) is 0.713. The molecule has 0 bridgehead atoms. The molecule has 0 spiro atoms. The van der Waals surface area contributed by atoms with Crippen LogP contribution in [0.2, 0.25) is 0 Å². The van der Waals surface area contributed by atoms with Crippen LogP contribution in [0, 0.1) is 5.92 Å². The van der Waals surface area contributed by atoms with E-state index in [2.05, 4.69) is 4.90 Å². The third kappa shape index (κ3) is 3.26. The summed E-state index contributed by atoms with van der Waals surface area (Å²) in [6.45, 7) is 5.27. The number of hydrogen-bond donors (Lipinski definition) is 0. The number of carbonyl (C=O) groups is 2. The van der Waals surface area contributed by atoms with Crippen molar-refractivity contribution in [1.29, 1.82) is 0 Å². The van der Waals surface area contributed by atoms with Gasteiger partial charge in [0.1, 0.15) is 0 Å². The van der Waals surface area contributed by atoms with Crippen LogP contribution in [0.25, 0.3) is 0 Å². The van der Waals surface area contributed by atoms with E-state index in [9.17, 15) is 9.59 Å². The van der Waals surface area contributed by atoms with E-state index in [1.807, 2.05) is 11.8 Å². The van der Waals surface area contributed by atoms with E-state index in [1.165, 1.54) is 7.11 Å². The standard InChI is InChI=1S/C14H24N2O3/c1-11(13(17)15-7-3-4-8-15)16-9-5-6-12(10-16)14(18)19-2/h11-12H,3-10H2,1-2H3/t11?,12-/m0/s1. The zero-order valence-electron chi connectivity index (χ0n) is 11.9. The second-order valence-electron chi connectivity index (χ2n) is 5.57. The van der Waals surface area contributed by atoms with Gasteiger partial charge in [-0.3, -0.25) is 14.5 Å². The Morgan fingerprint density at radius 2 is 1.84 bits per heavy atom. The molecule has 5 heteroatoms. The van der Waals surface area contributed by atoms with Crippen LogP contribution in [0.3, 0.4) is 0 Å². The molecule has 108 valence electrons. The molecule has 0 saturated carbocycles. The summed E-state index contributed by atoms with van der Waals surface area (Å²) in [7, 11) is 1.43. The number of piperidine rings is 1. The third-order valence-corrected chi connectivity index (χ3v) is 4.31. The highest BCUT2D eigenvalue weighted by atomic mass is 16.5. The maximum atomic E-state index is 12.4. The molecule has 2 rings (SSSR count). The lowest BCUT2D eigenvalue weighted by atomic mass is 9.97. The zero-order valence-corrected chi connectivity index (χ0v) is 11.9. The summed E-state index contributed by atoms with van der Waals surface area (Å²) in [6.07, 6.45) is 4.05. The van der Waals surface area contributed by atoms with Gasteiger partial charge in [0.2, 0.25) is 5.91 Å². The molecule has 2 atom stereocenters. The molecule has 2 aliphatic heterocycles. The molecule has 1 amide bonds. The molecular formula is C14H24N2O3. The second-order valence-corrected chi connectivity index (χ2v) is 5.57. The summed E-state index contributed by atoms with van der Waals surface area (Å²) >= 11 is 0. The van der Waals surface area contributed by atoms with Crippen molar-refractivity contribution >= 4 is 11.9 Å². The van der Waals surface area contributed by atoms with Crippen molar-refractivity contribution in [1.82, 2.24) is 9.80 Å². The first-order valence-electron chi connectivity index (χ1n) is 7.24. The Hall–Kier alpha value is -1.10. The number of ether oxygens (including phenoxy) is 1. The molecule has 0 aromatic carbocycles. The second kappa shape index (κ2) is 6.37. The highest BCUT2D eigenvalue weighted by Crippen LogP contribution is 2.21. The Bertz CT molecular complexity index is 340. The fraction of sp³-hybridized carbons (Fsp3) is 0.857. The Balaban J connectivity index is 1.92. The number of nitrogens with zero attached hydrogens (tertiary/aromatic N) is 2. The van der Waals surface area contributed by atoms with Gasteiger partial charge in [0.05, 0.1) is 19.1 Å². The highest BCUT2D eigenvalue weighted by molar-refractivity contribution is 5.82. The van der Waals surface area contributed by atoms with Crippen molar-refractivity contribution in [2.45, 2.75) is 38.6 Å². The van der Waals surface area contributed by atoms with Crippen LogP contribution in [0.4, 0.5) is 0 Å². The Labute approximate surface area is 114 Å². The number of carbonyl (C=O) groups excluding carboxylic acids is 2. The SMILES string of the molecule is COC(=O)[C@H]1CCCN(C(C)C(=O)N2CCCC2)C1. The minimum absolute atomic E-state index is 0.0763. The fourth-order valence-electron chi connectivity index (χ4n) is 3.08. The normalized spacial score (nSPS) is 26.2. The number of esters is 1. The monoisotopic (exact) mass is 268 g/mol. The average molecular weight is 268 g/mol. The summed E-state index contributed by atoms with van der Waals surface area (Å²) in [5, 5.41) is 0. The number of amides is 1. The predicted molar refractivity (Wildman–Crippen MR) is 71.6 cm³/mol. The van der Waals surface area contributed by atoms with Crippen LogP contribution >= 0.6 is 0 Å². The first-order valence-corrected chi connectivity index (χ1v) is 7.24. The molecular weight excluding hydrogens is 244 g/mol. The van der Waals surface area contributed by atoms with E-state index >= 15 is 0 Å². The molecule has 2 fully saturated rings. The number of methoxy groups -OCH3 is 1. The fourth-order valence-corrected chi connectivity index (χ4v) is 3.08. The minimum atomic E-state index is -0.148. The Kier molecular flexibility index (Phi) is 4.80. The van der Waals surface area contributed by atoms with Gasteiger partial charge in [0.15, 0.2) is 0 Å². The van der Waals surface area contributed by atoms with Crippen LogP contribution in [0.15, 0.2) is 0 Å². The molecule has 0 aromatic rings. The van der Waals surface area contributed by atoms with E-state index in [0.717, 1.165) is 45.3 Å². The molecule has 1 unspecified atom stereocenters. The highest BCUT2D eigenvalue weighted by Gasteiger charge is 2.33. The van der Waals surface area contributed by atoms with Crippen molar-refractivity contribution < 1.29 is 14.3 Å². The number of likely N-dealkylation sites (tertiary alicyclic amines) is 2. The van der Waals surface area contributed by atoms with Crippen molar-refractivity contribution in [3.8, 4) is 0 Å². The van der Waals surface area contributed by atoms with Crippen LogP contribution in [-0.4, -0.2) is 61.0 Å². The molecule has 0 N–H and O–H groups in total. The number of hydrogen-bond acceptors (Lipinski definition) is 4. The lowest BCUT2D eigenvalue weighted by molar-refractivity contribution is -0.149. The van der Waals surface area contributed by atoms with Crippen LogP contribution < -0.4 is 0 Å². The lowest BCUT2D eigenvalue weighted by Crippen LogP contribution is -2.50. The van der Waals surface area contributed by atoms with Crippen LogP contribution in [0.1, 0.15) is 32.6 Å².